The van der Waals surface area contributed by atoms with Gasteiger partial charge in [-0.1, -0.05) is 41.4 Å². The van der Waals surface area contributed by atoms with Crippen molar-refractivity contribution in [3.05, 3.63) is 70.4 Å². The molecule has 1 saturated heterocycles. The van der Waals surface area contributed by atoms with Crippen LogP contribution in [0.3, 0.4) is 0 Å². The number of aromatic amines is 1. The number of benzene rings is 2. The van der Waals surface area contributed by atoms with Gasteiger partial charge < -0.3 is 9.88 Å². The highest BCUT2D eigenvalue weighted by Gasteiger charge is 2.25. The third-order valence-electron chi connectivity index (χ3n) is 5.44. The Morgan fingerprint density at radius 2 is 1.88 bits per heavy atom. The average molecular weight is 367 g/mol. The Labute approximate surface area is 159 Å². The van der Waals surface area contributed by atoms with Crippen LogP contribution >= 0.6 is 11.6 Å². The number of aromatic nitrogens is 1. The first kappa shape index (κ1) is 17.2. The van der Waals surface area contributed by atoms with Crippen molar-refractivity contribution < 1.29 is 4.79 Å². The van der Waals surface area contributed by atoms with E-state index in [0.29, 0.717) is 12.3 Å². The van der Waals surface area contributed by atoms with Crippen LogP contribution in [0.4, 0.5) is 0 Å². The highest BCUT2D eigenvalue weighted by Crippen LogP contribution is 2.34. The topological polar surface area (TPSA) is 36.1 Å². The minimum atomic E-state index is 0.231. The molecule has 3 nitrogen and oxygen atoms in total. The van der Waals surface area contributed by atoms with E-state index in [1.54, 1.807) is 0 Å². The van der Waals surface area contributed by atoms with Crippen LogP contribution in [-0.2, 0) is 11.2 Å². The monoisotopic (exact) mass is 366 g/mol. The van der Waals surface area contributed by atoms with Crippen LogP contribution in [-0.4, -0.2) is 28.9 Å². The van der Waals surface area contributed by atoms with Gasteiger partial charge in [0, 0.05) is 35.2 Å². The number of carbonyl (C=O) groups excluding carboxylic acids is 1. The molecule has 2 heterocycles. The van der Waals surface area contributed by atoms with Crippen LogP contribution in [0.5, 0.6) is 0 Å². The van der Waals surface area contributed by atoms with E-state index in [0.717, 1.165) is 42.0 Å². The smallest absolute Gasteiger partial charge is 0.226 e. The molecule has 4 heteroatoms. The fourth-order valence-electron chi connectivity index (χ4n) is 3.88. The summed E-state index contributed by atoms with van der Waals surface area (Å²) in [6.45, 7) is 3.71. The molecule has 1 N–H and O–H groups in total. The Kier molecular flexibility index (Phi) is 4.73. The van der Waals surface area contributed by atoms with Crippen molar-refractivity contribution in [1.82, 2.24) is 9.88 Å². The highest BCUT2D eigenvalue weighted by molar-refractivity contribution is 6.31. The van der Waals surface area contributed by atoms with E-state index in [4.69, 9.17) is 11.6 Å². The minimum Gasteiger partial charge on any atom is -0.361 e. The quantitative estimate of drug-likeness (QED) is 0.689. The Hall–Kier alpha value is -2.26. The van der Waals surface area contributed by atoms with Gasteiger partial charge in [0.25, 0.3) is 0 Å². The molecule has 0 unspecified atom stereocenters. The normalized spacial score (nSPS) is 15.5. The standard InChI is InChI=1S/C22H23ClN2O/c1-15-2-4-16(5-3-15)12-22(26)25-10-8-17(9-11-25)20-14-24-21-7-6-18(23)13-19(20)21/h2-7,13-14,17,24H,8-12H2,1H3. The summed E-state index contributed by atoms with van der Waals surface area (Å²) >= 11 is 6.17. The fourth-order valence-corrected chi connectivity index (χ4v) is 4.06. The van der Waals surface area contributed by atoms with Crippen molar-refractivity contribution >= 4 is 28.4 Å². The molecule has 0 bridgehead atoms. The zero-order valence-corrected chi connectivity index (χ0v) is 15.7. The van der Waals surface area contributed by atoms with Gasteiger partial charge in [-0.25, -0.2) is 0 Å². The number of carbonyl (C=O) groups is 1. The Balaban J connectivity index is 1.41. The zero-order chi connectivity index (χ0) is 18.1. The summed E-state index contributed by atoms with van der Waals surface area (Å²) in [7, 11) is 0. The van der Waals surface area contributed by atoms with Crippen molar-refractivity contribution in [3.8, 4) is 0 Å². The highest BCUT2D eigenvalue weighted by atomic mass is 35.5. The van der Waals surface area contributed by atoms with Gasteiger partial charge in [0.2, 0.25) is 5.91 Å². The third kappa shape index (κ3) is 3.49. The first-order chi connectivity index (χ1) is 12.6. The molecule has 0 atom stereocenters. The SMILES string of the molecule is Cc1ccc(CC(=O)N2CCC(c3c[nH]c4ccc(Cl)cc34)CC2)cc1. The van der Waals surface area contributed by atoms with Crippen LogP contribution in [0.25, 0.3) is 10.9 Å². The summed E-state index contributed by atoms with van der Waals surface area (Å²) in [5.74, 6) is 0.708. The molecule has 0 saturated carbocycles. The number of halogens is 1. The van der Waals surface area contributed by atoms with Crippen LogP contribution in [0, 0.1) is 6.92 Å². The summed E-state index contributed by atoms with van der Waals surface area (Å²) in [6.07, 6.45) is 4.60. The number of nitrogens with one attached hydrogen (secondary N) is 1. The fraction of sp³-hybridized carbons (Fsp3) is 0.318. The molecule has 4 rings (SSSR count). The number of likely N-dealkylation sites (tertiary alicyclic amines) is 1. The second kappa shape index (κ2) is 7.16. The maximum absolute atomic E-state index is 12.6. The number of hydrogen-bond acceptors (Lipinski definition) is 1. The lowest BCUT2D eigenvalue weighted by molar-refractivity contribution is -0.131. The van der Waals surface area contributed by atoms with Gasteiger partial charge in [-0.15, -0.1) is 0 Å². The Morgan fingerprint density at radius 3 is 2.62 bits per heavy atom. The summed E-state index contributed by atoms with van der Waals surface area (Å²) in [6, 6.07) is 14.2. The van der Waals surface area contributed by atoms with Gasteiger partial charge in [0.05, 0.1) is 6.42 Å². The first-order valence-electron chi connectivity index (χ1n) is 9.20. The van der Waals surface area contributed by atoms with Gasteiger partial charge in [0.1, 0.15) is 0 Å². The molecule has 0 radical (unpaired) electrons. The summed E-state index contributed by atoms with van der Waals surface area (Å²) in [5, 5.41) is 1.98. The molecule has 1 aliphatic heterocycles. The van der Waals surface area contributed by atoms with Crippen molar-refractivity contribution in [2.45, 2.75) is 32.1 Å². The number of rotatable bonds is 3. The minimum absolute atomic E-state index is 0.231. The molecule has 0 aliphatic carbocycles. The van der Waals surface area contributed by atoms with Gasteiger partial charge in [-0.3, -0.25) is 4.79 Å². The number of nitrogens with zero attached hydrogens (tertiary/aromatic N) is 1. The number of aryl methyl sites for hydroxylation is 1. The molecular formula is C22H23ClN2O. The second-order valence-corrected chi connectivity index (χ2v) is 7.69. The molecule has 3 aromatic rings. The predicted octanol–water partition coefficient (Wildman–Crippen LogP) is 5.08. The lowest BCUT2D eigenvalue weighted by atomic mass is 9.89. The molecule has 26 heavy (non-hydrogen) atoms. The van der Waals surface area contributed by atoms with Crippen LogP contribution < -0.4 is 0 Å². The number of hydrogen-bond donors (Lipinski definition) is 1. The maximum atomic E-state index is 12.6. The number of H-pyrrole nitrogens is 1. The maximum Gasteiger partial charge on any atom is 0.226 e. The molecule has 1 aliphatic rings. The van der Waals surface area contributed by atoms with E-state index in [1.165, 1.54) is 16.5 Å². The lowest BCUT2D eigenvalue weighted by Gasteiger charge is -2.32. The molecule has 1 fully saturated rings. The molecule has 1 amide bonds. The summed E-state index contributed by atoms with van der Waals surface area (Å²) in [4.78, 5) is 18.0. The number of piperidine rings is 1. The van der Waals surface area contributed by atoms with Gasteiger partial charge in [-0.05, 0) is 55.0 Å². The Morgan fingerprint density at radius 1 is 1.15 bits per heavy atom. The summed E-state index contributed by atoms with van der Waals surface area (Å²) < 4.78 is 0. The molecule has 0 spiro atoms. The van der Waals surface area contributed by atoms with Crippen molar-refractivity contribution in [1.29, 1.82) is 0 Å². The van der Waals surface area contributed by atoms with E-state index >= 15 is 0 Å². The van der Waals surface area contributed by atoms with E-state index in [-0.39, 0.29) is 5.91 Å². The van der Waals surface area contributed by atoms with E-state index in [1.807, 2.05) is 23.1 Å². The van der Waals surface area contributed by atoms with Crippen molar-refractivity contribution in [2.75, 3.05) is 13.1 Å². The molecule has 134 valence electrons. The number of amides is 1. The van der Waals surface area contributed by atoms with E-state index in [2.05, 4.69) is 42.4 Å². The predicted molar refractivity (Wildman–Crippen MR) is 107 cm³/mol. The zero-order valence-electron chi connectivity index (χ0n) is 15.0. The van der Waals surface area contributed by atoms with Crippen molar-refractivity contribution in [3.63, 3.8) is 0 Å². The first-order valence-corrected chi connectivity index (χ1v) is 9.58. The molecule has 1 aromatic heterocycles. The van der Waals surface area contributed by atoms with E-state index in [9.17, 15) is 4.79 Å². The largest absolute Gasteiger partial charge is 0.361 e. The molecule has 2 aromatic carbocycles. The van der Waals surface area contributed by atoms with Crippen molar-refractivity contribution in [2.24, 2.45) is 0 Å². The second-order valence-electron chi connectivity index (χ2n) is 7.25. The van der Waals surface area contributed by atoms with Crippen LogP contribution in [0.2, 0.25) is 5.02 Å². The van der Waals surface area contributed by atoms with Crippen LogP contribution in [0.1, 0.15) is 35.4 Å². The van der Waals surface area contributed by atoms with Gasteiger partial charge in [-0.2, -0.15) is 0 Å². The number of fused-ring (bicyclic) bond motifs is 1. The van der Waals surface area contributed by atoms with Gasteiger partial charge >= 0.3 is 0 Å². The summed E-state index contributed by atoms with van der Waals surface area (Å²) in [5.41, 5.74) is 4.77. The van der Waals surface area contributed by atoms with Crippen LogP contribution in [0.15, 0.2) is 48.7 Å². The molecular weight excluding hydrogens is 344 g/mol. The average Bonchev–Trinajstić information content (AvgIpc) is 3.06. The third-order valence-corrected chi connectivity index (χ3v) is 5.67. The lowest BCUT2D eigenvalue weighted by Crippen LogP contribution is -2.38. The van der Waals surface area contributed by atoms with E-state index < -0.39 is 0 Å². The van der Waals surface area contributed by atoms with Gasteiger partial charge in [0.15, 0.2) is 0 Å². The Bertz CT molecular complexity index is 921.